The Morgan fingerprint density at radius 2 is 1.95 bits per heavy atom. The molecular formula is C15H15ClN2O. The fourth-order valence-corrected chi connectivity index (χ4v) is 2.00. The smallest absolute Gasteiger partial charge is 0.259 e. The molecule has 0 spiro atoms. The Balaban J connectivity index is 2.26. The molecule has 4 heteroatoms. The van der Waals surface area contributed by atoms with Gasteiger partial charge in [-0.25, -0.2) is 0 Å². The van der Waals surface area contributed by atoms with Gasteiger partial charge in [0.15, 0.2) is 0 Å². The van der Waals surface area contributed by atoms with Crippen molar-refractivity contribution in [1.82, 2.24) is 4.98 Å². The quantitative estimate of drug-likeness (QED) is 0.857. The van der Waals surface area contributed by atoms with Crippen LogP contribution in [0.15, 0.2) is 42.7 Å². The minimum absolute atomic E-state index is 0.142. The molecule has 1 amide bonds. The normalized spacial score (nSPS) is 10.3. The molecule has 2 aromatic rings. The topological polar surface area (TPSA) is 33.2 Å². The zero-order chi connectivity index (χ0) is 13.8. The van der Waals surface area contributed by atoms with E-state index in [-0.39, 0.29) is 5.91 Å². The molecule has 0 radical (unpaired) electrons. The number of rotatable bonds is 3. The summed E-state index contributed by atoms with van der Waals surface area (Å²) in [7, 11) is 1.74. The first kappa shape index (κ1) is 13.6. The largest absolute Gasteiger partial charge is 0.311 e. The van der Waals surface area contributed by atoms with Gasteiger partial charge in [0.1, 0.15) is 0 Å². The number of aryl methyl sites for hydroxylation is 1. The van der Waals surface area contributed by atoms with E-state index in [1.54, 1.807) is 24.2 Å². The van der Waals surface area contributed by atoms with Crippen molar-refractivity contribution in [2.45, 2.75) is 13.3 Å². The van der Waals surface area contributed by atoms with Crippen molar-refractivity contribution in [3.63, 3.8) is 0 Å². The highest BCUT2D eigenvalue weighted by molar-refractivity contribution is 6.34. The fraction of sp³-hybridized carbons (Fsp3) is 0.200. The number of amides is 1. The number of pyridine rings is 1. The standard InChI is InChI=1S/C15H15ClN2O/c1-3-11-4-6-12(7-5-11)18(2)15(19)13-8-9-17-10-14(13)16/h4-10H,3H2,1-2H3. The number of benzene rings is 1. The van der Waals surface area contributed by atoms with Gasteiger partial charge in [0.2, 0.25) is 0 Å². The lowest BCUT2D eigenvalue weighted by atomic mass is 10.1. The molecule has 0 aliphatic rings. The third-order valence-corrected chi connectivity index (χ3v) is 3.34. The second-order valence-electron chi connectivity index (χ2n) is 4.24. The van der Waals surface area contributed by atoms with Gasteiger partial charge in [-0.15, -0.1) is 0 Å². The molecule has 0 atom stereocenters. The second-order valence-corrected chi connectivity index (χ2v) is 4.65. The molecule has 1 aromatic heterocycles. The van der Waals surface area contributed by atoms with Crippen LogP contribution in [-0.4, -0.2) is 17.9 Å². The molecule has 1 heterocycles. The Labute approximate surface area is 117 Å². The minimum Gasteiger partial charge on any atom is -0.311 e. The van der Waals surface area contributed by atoms with Gasteiger partial charge in [0, 0.05) is 25.1 Å². The van der Waals surface area contributed by atoms with Gasteiger partial charge in [0.05, 0.1) is 10.6 Å². The van der Waals surface area contributed by atoms with E-state index in [2.05, 4.69) is 11.9 Å². The molecule has 2 rings (SSSR count). The molecule has 19 heavy (non-hydrogen) atoms. The SMILES string of the molecule is CCc1ccc(N(C)C(=O)c2ccncc2Cl)cc1. The van der Waals surface area contributed by atoms with Crippen molar-refractivity contribution >= 4 is 23.2 Å². The predicted molar refractivity (Wildman–Crippen MR) is 77.8 cm³/mol. The summed E-state index contributed by atoms with van der Waals surface area (Å²) in [6.07, 6.45) is 4.02. The lowest BCUT2D eigenvalue weighted by Crippen LogP contribution is -2.26. The van der Waals surface area contributed by atoms with Crippen molar-refractivity contribution in [3.8, 4) is 0 Å². The van der Waals surface area contributed by atoms with Crippen LogP contribution in [0, 0.1) is 0 Å². The van der Waals surface area contributed by atoms with Gasteiger partial charge >= 0.3 is 0 Å². The third-order valence-electron chi connectivity index (χ3n) is 3.04. The van der Waals surface area contributed by atoms with Crippen molar-refractivity contribution < 1.29 is 4.79 Å². The molecular weight excluding hydrogens is 260 g/mol. The van der Waals surface area contributed by atoms with E-state index >= 15 is 0 Å². The van der Waals surface area contributed by atoms with Gasteiger partial charge in [-0.05, 0) is 30.2 Å². The molecule has 0 N–H and O–H groups in total. The van der Waals surface area contributed by atoms with Crippen molar-refractivity contribution in [2.75, 3.05) is 11.9 Å². The summed E-state index contributed by atoms with van der Waals surface area (Å²) in [4.78, 5) is 17.8. The maximum atomic E-state index is 12.3. The Morgan fingerprint density at radius 1 is 1.26 bits per heavy atom. The summed E-state index contributed by atoms with van der Waals surface area (Å²) >= 11 is 5.99. The number of halogens is 1. The van der Waals surface area contributed by atoms with Gasteiger partial charge in [-0.3, -0.25) is 9.78 Å². The monoisotopic (exact) mass is 274 g/mol. The van der Waals surface area contributed by atoms with E-state index in [4.69, 9.17) is 11.6 Å². The Kier molecular flexibility index (Phi) is 4.17. The van der Waals surface area contributed by atoms with E-state index in [9.17, 15) is 4.79 Å². The minimum atomic E-state index is -0.142. The predicted octanol–water partition coefficient (Wildman–Crippen LogP) is 3.57. The van der Waals surface area contributed by atoms with Crippen LogP contribution in [0.3, 0.4) is 0 Å². The molecule has 0 saturated carbocycles. The molecule has 1 aromatic carbocycles. The van der Waals surface area contributed by atoms with Crippen molar-refractivity contribution in [1.29, 1.82) is 0 Å². The maximum Gasteiger partial charge on any atom is 0.259 e. The second kappa shape index (κ2) is 5.85. The van der Waals surface area contributed by atoms with E-state index in [0.717, 1.165) is 12.1 Å². The molecule has 0 aliphatic heterocycles. The van der Waals surface area contributed by atoms with Crippen LogP contribution in [0.25, 0.3) is 0 Å². The van der Waals surface area contributed by atoms with Crippen LogP contribution >= 0.6 is 11.6 Å². The van der Waals surface area contributed by atoms with E-state index < -0.39 is 0 Å². The van der Waals surface area contributed by atoms with Crippen LogP contribution in [0.2, 0.25) is 5.02 Å². The zero-order valence-electron chi connectivity index (χ0n) is 10.9. The number of carbonyl (C=O) groups excluding carboxylic acids is 1. The van der Waals surface area contributed by atoms with E-state index in [1.165, 1.54) is 11.8 Å². The lowest BCUT2D eigenvalue weighted by molar-refractivity contribution is 0.0993. The molecule has 0 fully saturated rings. The summed E-state index contributed by atoms with van der Waals surface area (Å²) in [6, 6.07) is 9.54. The first-order valence-corrected chi connectivity index (χ1v) is 6.47. The molecule has 3 nitrogen and oxygen atoms in total. The number of anilines is 1. The van der Waals surface area contributed by atoms with Crippen molar-refractivity contribution in [2.24, 2.45) is 0 Å². The zero-order valence-corrected chi connectivity index (χ0v) is 11.7. The van der Waals surface area contributed by atoms with E-state index in [1.807, 2.05) is 24.3 Å². The Hall–Kier alpha value is -1.87. The summed E-state index contributed by atoms with van der Waals surface area (Å²) in [5, 5.41) is 0.365. The van der Waals surface area contributed by atoms with Crippen LogP contribution in [-0.2, 0) is 6.42 Å². The third kappa shape index (κ3) is 2.93. The number of hydrogen-bond acceptors (Lipinski definition) is 2. The van der Waals surface area contributed by atoms with Gasteiger partial charge < -0.3 is 4.90 Å². The molecule has 0 aliphatic carbocycles. The average Bonchev–Trinajstić information content (AvgIpc) is 2.46. The molecule has 0 bridgehead atoms. The van der Waals surface area contributed by atoms with Crippen LogP contribution < -0.4 is 4.90 Å². The highest BCUT2D eigenvalue weighted by Crippen LogP contribution is 2.20. The number of hydrogen-bond donors (Lipinski definition) is 0. The molecule has 0 saturated heterocycles. The first-order chi connectivity index (χ1) is 9.13. The summed E-state index contributed by atoms with van der Waals surface area (Å²) in [5.41, 5.74) is 2.54. The van der Waals surface area contributed by atoms with Gasteiger partial charge in [-0.2, -0.15) is 0 Å². The molecule has 98 valence electrons. The maximum absolute atomic E-state index is 12.3. The number of aromatic nitrogens is 1. The summed E-state index contributed by atoms with van der Waals surface area (Å²) in [6.45, 7) is 2.10. The number of carbonyl (C=O) groups is 1. The van der Waals surface area contributed by atoms with Crippen LogP contribution in [0.1, 0.15) is 22.8 Å². The number of nitrogens with zero attached hydrogens (tertiary/aromatic N) is 2. The average molecular weight is 275 g/mol. The van der Waals surface area contributed by atoms with Gasteiger partial charge in [-0.1, -0.05) is 30.7 Å². The highest BCUT2D eigenvalue weighted by Gasteiger charge is 2.16. The van der Waals surface area contributed by atoms with Crippen molar-refractivity contribution in [3.05, 3.63) is 58.9 Å². The fourth-order valence-electron chi connectivity index (χ4n) is 1.80. The van der Waals surface area contributed by atoms with E-state index in [0.29, 0.717) is 10.6 Å². The first-order valence-electron chi connectivity index (χ1n) is 6.10. The summed E-state index contributed by atoms with van der Waals surface area (Å²) in [5.74, 6) is -0.142. The van der Waals surface area contributed by atoms with Crippen LogP contribution in [0.5, 0.6) is 0 Å². The highest BCUT2D eigenvalue weighted by atomic mass is 35.5. The Morgan fingerprint density at radius 3 is 2.53 bits per heavy atom. The summed E-state index contributed by atoms with van der Waals surface area (Å²) < 4.78 is 0. The lowest BCUT2D eigenvalue weighted by Gasteiger charge is -2.18. The van der Waals surface area contributed by atoms with Crippen LogP contribution in [0.4, 0.5) is 5.69 Å². The molecule has 0 unspecified atom stereocenters. The Bertz CT molecular complexity index is 581. The van der Waals surface area contributed by atoms with Gasteiger partial charge in [0.25, 0.3) is 5.91 Å².